The fourth-order valence-electron chi connectivity index (χ4n) is 3.44. The Labute approximate surface area is 161 Å². The number of piperidine rings is 1. The monoisotopic (exact) mass is 392 g/mol. The number of esters is 1. The molecule has 2 aromatic rings. The number of hydrogen-bond donors (Lipinski definition) is 1. The van der Waals surface area contributed by atoms with E-state index in [1.807, 2.05) is 25.1 Å². The third kappa shape index (κ3) is 3.84. The lowest BCUT2D eigenvalue weighted by molar-refractivity contribution is -0.929. The Hall–Kier alpha value is -2.39. The number of quaternary nitrogens is 1. The van der Waals surface area contributed by atoms with Gasteiger partial charge in [0.2, 0.25) is 12.7 Å². The van der Waals surface area contributed by atoms with Crippen molar-refractivity contribution in [2.45, 2.75) is 26.4 Å². The van der Waals surface area contributed by atoms with Gasteiger partial charge in [0.1, 0.15) is 0 Å². The van der Waals surface area contributed by atoms with Crippen molar-refractivity contribution in [1.82, 2.24) is 9.78 Å². The van der Waals surface area contributed by atoms with E-state index in [-0.39, 0.29) is 18.7 Å². The number of aromatic nitrogens is 2. The highest BCUT2D eigenvalue weighted by Gasteiger charge is 2.29. The minimum Gasteiger partial charge on any atom is -0.466 e. The maximum atomic E-state index is 11.9. The molecule has 27 heavy (non-hydrogen) atoms. The summed E-state index contributed by atoms with van der Waals surface area (Å²) < 4.78 is 23.2. The molecule has 0 spiro atoms. The number of likely N-dealkylation sites (tertiary alicyclic amines) is 1. The summed E-state index contributed by atoms with van der Waals surface area (Å²) in [5.74, 6) is 1.77. The minimum atomic E-state index is -0.0836. The molecule has 0 aliphatic carbocycles. The Morgan fingerprint density at radius 2 is 2.11 bits per heavy atom. The first kappa shape index (κ1) is 18.0. The van der Waals surface area contributed by atoms with Gasteiger partial charge in [0, 0.05) is 18.4 Å². The highest BCUT2D eigenvalue weighted by molar-refractivity contribution is 7.71. The van der Waals surface area contributed by atoms with Crippen molar-refractivity contribution < 1.29 is 28.3 Å². The molecule has 1 saturated heterocycles. The second-order valence-electron chi connectivity index (χ2n) is 6.68. The summed E-state index contributed by atoms with van der Waals surface area (Å²) in [6.07, 6.45) is 1.63. The molecule has 1 aromatic heterocycles. The van der Waals surface area contributed by atoms with E-state index in [0.717, 1.165) is 31.5 Å². The van der Waals surface area contributed by atoms with E-state index in [9.17, 15) is 4.79 Å². The van der Waals surface area contributed by atoms with Crippen LogP contribution in [0.3, 0.4) is 0 Å². The molecule has 9 heteroatoms. The first-order valence-corrected chi connectivity index (χ1v) is 9.53. The molecule has 0 bridgehead atoms. The van der Waals surface area contributed by atoms with Gasteiger partial charge < -0.3 is 23.5 Å². The molecule has 3 heterocycles. The number of carbonyl (C=O) groups excluding carboxylic acids is 1. The SMILES string of the molecule is CCOC(=O)C1CC[NH+](Cn2nc(-c3ccc4c(c3)OCO4)oc2=S)CC1. The number of benzene rings is 1. The van der Waals surface area contributed by atoms with Gasteiger partial charge in [-0.1, -0.05) is 0 Å². The van der Waals surface area contributed by atoms with Gasteiger partial charge in [-0.05, 0) is 37.3 Å². The number of nitrogens with zero attached hydrogens (tertiary/aromatic N) is 2. The van der Waals surface area contributed by atoms with Crippen molar-refractivity contribution >= 4 is 18.2 Å². The highest BCUT2D eigenvalue weighted by atomic mass is 32.1. The molecule has 0 atom stereocenters. The standard InChI is InChI=1S/C18H21N3O5S/c1-2-23-17(22)12-5-7-20(8-6-12)10-21-18(27)26-16(19-21)13-3-4-14-15(9-13)25-11-24-14/h3-4,9,12H,2,5-8,10-11H2,1H3/p+1. The zero-order valence-electron chi connectivity index (χ0n) is 15.1. The van der Waals surface area contributed by atoms with Crippen LogP contribution in [-0.2, 0) is 16.2 Å². The maximum Gasteiger partial charge on any atom is 0.309 e. The van der Waals surface area contributed by atoms with Gasteiger partial charge in [-0.3, -0.25) is 4.79 Å². The predicted octanol–water partition coefficient (Wildman–Crippen LogP) is 1.42. The lowest BCUT2D eigenvalue weighted by atomic mass is 9.97. The van der Waals surface area contributed by atoms with E-state index in [1.165, 1.54) is 4.90 Å². The molecule has 1 N–H and O–H groups in total. The molecule has 1 aromatic carbocycles. The fraction of sp³-hybridized carbons (Fsp3) is 0.500. The highest BCUT2D eigenvalue weighted by Crippen LogP contribution is 2.35. The quantitative estimate of drug-likeness (QED) is 0.609. The first-order valence-electron chi connectivity index (χ1n) is 9.12. The molecular weight excluding hydrogens is 370 g/mol. The topological polar surface area (TPSA) is 80.2 Å². The molecule has 8 nitrogen and oxygen atoms in total. The first-order chi connectivity index (χ1) is 13.1. The number of fused-ring (bicyclic) bond motifs is 1. The van der Waals surface area contributed by atoms with Crippen LogP contribution in [-0.4, -0.2) is 42.2 Å². The van der Waals surface area contributed by atoms with Crippen LogP contribution < -0.4 is 14.4 Å². The van der Waals surface area contributed by atoms with E-state index < -0.39 is 0 Å². The van der Waals surface area contributed by atoms with Crippen molar-refractivity contribution in [3.8, 4) is 23.0 Å². The van der Waals surface area contributed by atoms with E-state index >= 15 is 0 Å². The van der Waals surface area contributed by atoms with Gasteiger partial charge in [-0.25, -0.2) is 0 Å². The number of rotatable bonds is 5. The number of nitrogens with one attached hydrogen (secondary N) is 1. The Kier molecular flexibility index (Phi) is 5.13. The van der Waals surface area contributed by atoms with Gasteiger partial charge in [-0.2, -0.15) is 4.68 Å². The zero-order valence-corrected chi connectivity index (χ0v) is 15.9. The average molecular weight is 392 g/mol. The molecule has 2 aliphatic heterocycles. The summed E-state index contributed by atoms with van der Waals surface area (Å²) >= 11 is 5.33. The lowest BCUT2D eigenvalue weighted by Crippen LogP contribution is -3.12. The van der Waals surface area contributed by atoms with Crippen LogP contribution in [0.1, 0.15) is 19.8 Å². The number of carbonyl (C=O) groups is 1. The van der Waals surface area contributed by atoms with Crippen LogP contribution in [0, 0.1) is 10.8 Å². The van der Waals surface area contributed by atoms with E-state index in [2.05, 4.69) is 5.10 Å². The summed E-state index contributed by atoms with van der Waals surface area (Å²) in [4.78, 5) is 13.5. The molecular formula is C18H22N3O5S+. The van der Waals surface area contributed by atoms with Crippen LogP contribution in [0.15, 0.2) is 22.6 Å². The van der Waals surface area contributed by atoms with Crippen molar-refractivity contribution in [1.29, 1.82) is 0 Å². The molecule has 144 valence electrons. The largest absolute Gasteiger partial charge is 0.466 e. The normalized spacial score (nSPS) is 21.2. The van der Waals surface area contributed by atoms with Crippen molar-refractivity contribution in [2.75, 3.05) is 26.5 Å². The summed E-state index contributed by atoms with van der Waals surface area (Å²) in [6.45, 7) is 4.85. The Morgan fingerprint density at radius 3 is 2.89 bits per heavy atom. The average Bonchev–Trinajstić information content (AvgIpc) is 3.28. The Bertz CT molecular complexity index is 885. The minimum absolute atomic E-state index is 0.00294. The summed E-state index contributed by atoms with van der Waals surface area (Å²) in [7, 11) is 0. The van der Waals surface area contributed by atoms with Crippen molar-refractivity contribution in [3.63, 3.8) is 0 Å². The van der Waals surface area contributed by atoms with Gasteiger partial charge in [-0.15, -0.1) is 5.10 Å². The smallest absolute Gasteiger partial charge is 0.309 e. The second-order valence-corrected chi connectivity index (χ2v) is 7.02. The van der Waals surface area contributed by atoms with Crippen LogP contribution in [0.5, 0.6) is 11.5 Å². The van der Waals surface area contributed by atoms with Crippen LogP contribution >= 0.6 is 12.2 Å². The number of ether oxygens (including phenoxy) is 3. The molecule has 2 aliphatic rings. The Morgan fingerprint density at radius 1 is 1.33 bits per heavy atom. The third-order valence-corrected chi connectivity index (χ3v) is 5.21. The van der Waals surface area contributed by atoms with Crippen LogP contribution in [0.25, 0.3) is 11.5 Å². The Balaban J connectivity index is 1.41. The molecule has 0 radical (unpaired) electrons. The summed E-state index contributed by atoms with van der Waals surface area (Å²) in [6, 6.07) is 5.54. The molecule has 4 rings (SSSR count). The maximum absolute atomic E-state index is 11.9. The predicted molar refractivity (Wildman–Crippen MR) is 96.9 cm³/mol. The summed E-state index contributed by atoms with van der Waals surface area (Å²) in [5, 5.41) is 4.52. The van der Waals surface area contributed by atoms with Crippen molar-refractivity contribution in [2.24, 2.45) is 5.92 Å². The van der Waals surface area contributed by atoms with Crippen LogP contribution in [0.4, 0.5) is 0 Å². The zero-order chi connectivity index (χ0) is 18.8. The van der Waals surface area contributed by atoms with E-state index in [1.54, 1.807) is 4.68 Å². The van der Waals surface area contributed by atoms with Crippen molar-refractivity contribution in [3.05, 3.63) is 23.0 Å². The van der Waals surface area contributed by atoms with E-state index in [0.29, 0.717) is 35.5 Å². The second kappa shape index (κ2) is 7.69. The lowest BCUT2D eigenvalue weighted by Gasteiger charge is -2.27. The van der Waals surface area contributed by atoms with Gasteiger partial charge in [0.25, 0.3) is 4.84 Å². The van der Waals surface area contributed by atoms with E-state index in [4.69, 9.17) is 30.8 Å². The van der Waals surface area contributed by atoms with Gasteiger partial charge >= 0.3 is 5.97 Å². The fourth-order valence-corrected chi connectivity index (χ4v) is 3.63. The molecule has 0 saturated carbocycles. The van der Waals surface area contributed by atoms with Gasteiger partial charge in [0.05, 0.1) is 25.6 Å². The van der Waals surface area contributed by atoms with Gasteiger partial charge in [0.15, 0.2) is 18.2 Å². The summed E-state index contributed by atoms with van der Waals surface area (Å²) in [5.41, 5.74) is 0.792. The molecule has 1 fully saturated rings. The third-order valence-electron chi connectivity index (χ3n) is 4.91. The number of hydrogen-bond acceptors (Lipinski definition) is 7. The molecule has 0 unspecified atom stereocenters. The molecule has 0 amide bonds. The van der Waals surface area contributed by atoms with Crippen LogP contribution in [0.2, 0.25) is 0 Å².